The molecule has 1 heterocycles. The Bertz CT molecular complexity index is 798. The number of ether oxygens (including phenoxy) is 3. The lowest BCUT2D eigenvalue weighted by Gasteiger charge is -2.36. The molecule has 2 amide bonds. The van der Waals surface area contributed by atoms with Gasteiger partial charge in [0.05, 0.1) is 21.3 Å². The van der Waals surface area contributed by atoms with Crippen molar-refractivity contribution in [3.05, 3.63) is 42.5 Å². The van der Waals surface area contributed by atoms with Gasteiger partial charge in [-0.1, -0.05) is 18.2 Å². The van der Waals surface area contributed by atoms with Gasteiger partial charge < -0.3 is 29.7 Å². The fraction of sp³-hybridized carbons (Fsp3) is 0.409. The number of hydrogen-bond donors (Lipinski definition) is 2. The molecule has 0 radical (unpaired) electrons. The molecular weight excluding hydrogens is 384 g/mol. The van der Waals surface area contributed by atoms with Crippen molar-refractivity contribution in [3.63, 3.8) is 0 Å². The molecule has 30 heavy (non-hydrogen) atoms. The predicted octanol–water partition coefficient (Wildman–Crippen LogP) is 2.66. The van der Waals surface area contributed by atoms with Gasteiger partial charge in [0.25, 0.3) is 0 Å². The number of nitrogens with zero attached hydrogens (tertiary/aromatic N) is 2. The summed E-state index contributed by atoms with van der Waals surface area (Å²) >= 11 is 0. The third kappa shape index (κ3) is 5.48. The van der Waals surface area contributed by atoms with E-state index in [9.17, 15) is 4.79 Å². The molecule has 1 aliphatic heterocycles. The second-order valence-electron chi connectivity index (χ2n) is 6.96. The number of carbonyl (C=O) groups is 1. The van der Waals surface area contributed by atoms with Crippen LogP contribution < -0.4 is 29.7 Å². The van der Waals surface area contributed by atoms with Crippen molar-refractivity contribution in [3.8, 4) is 17.2 Å². The van der Waals surface area contributed by atoms with Crippen LogP contribution in [0.25, 0.3) is 0 Å². The molecule has 2 aromatic rings. The number of benzene rings is 2. The van der Waals surface area contributed by atoms with Crippen molar-refractivity contribution < 1.29 is 19.0 Å². The third-order valence-corrected chi connectivity index (χ3v) is 5.13. The molecule has 2 aromatic carbocycles. The van der Waals surface area contributed by atoms with Crippen LogP contribution in [0.3, 0.4) is 0 Å². The summed E-state index contributed by atoms with van der Waals surface area (Å²) in [6.07, 6.45) is 0. The van der Waals surface area contributed by atoms with Crippen LogP contribution in [0, 0.1) is 0 Å². The van der Waals surface area contributed by atoms with E-state index >= 15 is 0 Å². The van der Waals surface area contributed by atoms with Crippen molar-refractivity contribution in [2.45, 2.75) is 0 Å². The summed E-state index contributed by atoms with van der Waals surface area (Å²) in [4.78, 5) is 16.6. The summed E-state index contributed by atoms with van der Waals surface area (Å²) in [5.74, 6) is 1.91. The Hall–Kier alpha value is -3.13. The first kappa shape index (κ1) is 21.6. The average Bonchev–Trinajstić information content (AvgIpc) is 2.79. The monoisotopic (exact) mass is 414 g/mol. The summed E-state index contributed by atoms with van der Waals surface area (Å²) in [5, 5.41) is 5.74. The van der Waals surface area contributed by atoms with E-state index in [2.05, 4.69) is 20.4 Å². The van der Waals surface area contributed by atoms with Gasteiger partial charge in [-0.25, -0.2) is 4.79 Å². The van der Waals surface area contributed by atoms with Crippen molar-refractivity contribution in [1.82, 2.24) is 10.2 Å². The molecule has 0 saturated carbocycles. The first-order valence-corrected chi connectivity index (χ1v) is 10.0. The number of carbonyl (C=O) groups excluding carboxylic acids is 1. The minimum absolute atomic E-state index is 0.183. The second-order valence-corrected chi connectivity index (χ2v) is 6.96. The van der Waals surface area contributed by atoms with Crippen LogP contribution in [0.15, 0.2) is 42.5 Å². The smallest absolute Gasteiger partial charge is 0.319 e. The first-order chi connectivity index (χ1) is 14.6. The Morgan fingerprint density at radius 3 is 2.13 bits per heavy atom. The van der Waals surface area contributed by atoms with Crippen LogP contribution in [0.2, 0.25) is 0 Å². The number of rotatable bonds is 8. The first-order valence-electron chi connectivity index (χ1n) is 10.0. The fourth-order valence-corrected chi connectivity index (χ4v) is 3.50. The van der Waals surface area contributed by atoms with Crippen molar-refractivity contribution in [1.29, 1.82) is 0 Å². The highest BCUT2D eigenvalue weighted by Crippen LogP contribution is 2.41. The van der Waals surface area contributed by atoms with Crippen molar-refractivity contribution in [2.75, 3.05) is 70.8 Å². The third-order valence-electron chi connectivity index (χ3n) is 5.13. The zero-order valence-electron chi connectivity index (χ0n) is 17.8. The molecule has 0 unspecified atom stereocenters. The van der Waals surface area contributed by atoms with Gasteiger partial charge in [0.15, 0.2) is 11.5 Å². The molecule has 0 aromatic heterocycles. The largest absolute Gasteiger partial charge is 0.493 e. The highest BCUT2D eigenvalue weighted by Gasteiger charge is 2.21. The topological polar surface area (TPSA) is 75.3 Å². The maximum Gasteiger partial charge on any atom is 0.319 e. The molecular formula is C22H30N4O4. The highest BCUT2D eigenvalue weighted by atomic mass is 16.5. The molecule has 162 valence electrons. The Morgan fingerprint density at radius 2 is 1.57 bits per heavy atom. The van der Waals surface area contributed by atoms with Gasteiger partial charge in [-0.15, -0.1) is 0 Å². The lowest BCUT2D eigenvalue weighted by atomic mass is 10.2. The number of piperazine rings is 1. The molecule has 2 N–H and O–H groups in total. The van der Waals surface area contributed by atoms with E-state index < -0.39 is 0 Å². The van der Waals surface area contributed by atoms with Gasteiger partial charge in [0, 0.05) is 62.8 Å². The van der Waals surface area contributed by atoms with Crippen LogP contribution in [-0.2, 0) is 0 Å². The van der Waals surface area contributed by atoms with E-state index in [4.69, 9.17) is 14.2 Å². The standard InChI is InChI=1S/C22H30N4O4/c1-28-19-15-18(16-20(29-2)21(19)30-3)26-13-11-25(12-14-26)10-9-23-22(27)24-17-7-5-4-6-8-17/h4-8,15-16H,9-14H2,1-3H3,(H2,23,24,27). The summed E-state index contributed by atoms with van der Waals surface area (Å²) < 4.78 is 16.3. The van der Waals surface area contributed by atoms with E-state index in [0.717, 1.165) is 44.1 Å². The van der Waals surface area contributed by atoms with Gasteiger partial charge in [-0.3, -0.25) is 4.90 Å². The summed E-state index contributed by atoms with van der Waals surface area (Å²) in [6.45, 7) is 5.01. The molecule has 3 rings (SSSR count). The van der Waals surface area contributed by atoms with E-state index in [1.807, 2.05) is 42.5 Å². The normalized spacial score (nSPS) is 14.2. The number of nitrogens with one attached hydrogen (secondary N) is 2. The Labute approximate surface area is 177 Å². The molecule has 0 atom stereocenters. The number of hydrogen-bond acceptors (Lipinski definition) is 6. The van der Waals surface area contributed by atoms with Gasteiger partial charge in [-0.05, 0) is 12.1 Å². The van der Waals surface area contributed by atoms with Gasteiger partial charge in [0.1, 0.15) is 0 Å². The summed E-state index contributed by atoms with van der Waals surface area (Å²) in [6, 6.07) is 13.2. The molecule has 0 aliphatic carbocycles. The van der Waals surface area contributed by atoms with Crippen LogP contribution in [0.1, 0.15) is 0 Å². The van der Waals surface area contributed by atoms with E-state index in [-0.39, 0.29) is 6.03 Å². The SMILES string of the molecule is COc1cc(N2CCN(CCNC(=O)Nc3ccccc3)CC2)cc(OC)c1OC. The maximum atomic E-state index is 12.0. The van der Waals surface area contributed by atoms with E-state index in [0.29, 0.717) is 23.8 Å². The molecule has 0 spiro atoms. The lowest BCUT2D eigenvalue weighted by Crippen LogP contribution is -2.48. The van der Waals surface area contributed by atoms with Crippen molar-refractivity contribution in [2.24, 2.45) is 0 Å². The van der Waals surface area contributed by atoms with Crippen LogP contribution in [0.4, 0.5) is 16.2 Å². The van der Waals surface area contributed by atoms with Crippen LogP contribution in [0.5, 0.6) is 17.2 Å². The molecule has 0 bridgehead atoms. The van der Waals surface area contributed by atoms with Crippen molar-refractivity contribution >= 4 is 17.4 Å². The Morgan fingerprint density at radius 1 is 0.933 bits per heavy atom. The quantitative estimate of drug-likeness (QED) is 0.692. The number of urea groups is 1. The van der Waals surface area contributed by atoms with E-state index in [1.165, 1.54) is 0 Å². The Kier molecular flexibility index (Phi) is 7.62. The van der Waals surface area contributed by atoms with Crippen LogP contribution in [-0.4, -0.2) is 71.5 Å². The molecule has 1 saturated heterocycles. The maximum absolute atomic E-state index is 12.0. The number of methoxy groups -OCH3 is 3. The average molecular weight is 415 g/mol. The van der Waals surface area contributed by atoms with E-state index in [1.54, 1.807) is 21.3 Å². The zero-order valence-corrected chi connectivity index (χ0v) is 17.8. The number of amides is 2. The minimum Gasteiger partial charge on any atom is -0.493 e. The lowest BCUT2D eigenvalue weighted by molar-refractivity contribution is 0.240. The molecule has 8 heteroatoms. The van der Waals surface area contributed by atoms with Gasteiger partial charge in [0.2, 0.25) is 5.75 Å². The number of anilines is 2. The van der Waals surface area contributed by atoms with Gasteiger partial charge in [-0.2, -0.15) is 0 Å². The molecule has 1 fully saturated rings. The zero-order chi connectivity index (χ0) is 21.3. The number of para-hydroxylation sites is 1. The fourth-order valence-electron chi connectivity index (χ4n) is 3.50. The molecule has 1 aliphatic rings. The van der Waals surface area contributed by atoms with Gasteiger partial charge >= 0.3 is 6.03 Å². The minimum atomic E-state index is -0.183. The van der Waals surface area contributed by atoms with Crippen LogP contribution >= 0.6 is 0 Å². The molecule has 8 nitrogen and oxygen atoms in total. The summed E-state index contributed by atoms with van der Waals surface area (Å²) in [5.41, 5.74) is 1.83. The second kappa shape index (κ2) is 10.6. The highest BCUT2D eigenvalue weighted by molar-refractivity contribution is 5.89. The Balaban J connectivity index is 1.46. The summed E-state index contributed by atoms with van der Waals surface area (Å²) in [7, 11) is 4.85. The predicted molar refractivity (Wildman–Crippen MR) is 118 cm³/mol.